The van der Waals surface area contributed by atoms with Crippen molar-refractivity contribution in [3.8, 4) is 11.5 Å². The minimum Gasteiger partial charge on any atom is -0.507 e. The molecule has 0 aliphatic heterocycles. The number of phenolic OH excluding ortho intramolecular Hbond substituents is 1. The van der Waals surface area contributed by atoms with Gasteiger partial charge in [-0.05, 0) is 25.2 Å². The highest BCUT2D eigenvalue weighted by atomic mass is 16.5. The lowest BCUT2D eigenvalue weighted by molar-refractivity contribution is 0.0946. The maximum atomic E-state index is 11.9. The molecule has 0 bridgehead atoms. The summed E-state index contributed by atoms with van der Waals surface area (Å²) in [7, 11) is 1.51. The Kier molecular flexibility index (Phi) is 6.15. The van der Waals surface area contributed by atoms with Gasteiger partial charge in [0.05, 0.1) is 12.7 Å². The summed E-state index contributed by atoms with van der Waals surface area (Å²) < 4.78 is 4.97. The number of likely N-dealkylation sites (N-methyl/N-ethyl adjacent to an activating group) is 1. The number of carbonyl (C=O) groups excluding carboxylic acids is 1. The second-order valence-electron chi connectivity index (χ2n) is 4.17. The van der Waals surface area contributed by atoms with Crippen LogP contribution in [-0.2, 0) is 0 Å². The number of nitrogens with zero attached hydrogens (tertiary/aromatic N) is 1. The van der Waals surface area contributed by atoms with Gasteiger partial charge in [0.15, 0.2) is 0 Å². The van der Waals surface area contributed by atoms with Gasteiger partial charge in [0.1, 0.15) is 11.5 Å². The number of hydrogen-bond donors (Lipinski definition) is 2. The topological polar surface area (TPSA) is 61.8 Å². The summed E-state index contributed by atoms with van der Waals surface area (Å²) in [5.41, 5.74) is 0.264. The fourth-order valence-electron chi connectivity index (χ4n) is 1.79. The van der Waals surface area contributed by atoms with Crippen LogP contribution in [-0.4, -0.2) is 49.2 Å². The van der Waals surface area contributed by atoms with Crippen LogP contribution < -0.4 is 10.1 Å². The minimum atomic E-state index is -0.271. The zero-order chi connectivity index (χ0) is 14.3. The first-order valence-electron chi connectivity index (χ1n) is 6.49. The number of methoxy groups -OCH3 is 1. The molecule has 0 saturated heterocycles. The first-order chi connectivity index (χ1) is 9.12. The Morgan fingerprint density at radius 3 is 2.58 bits per heavy atom. The standard InChI is InChI=1S/C14H22N2O3/c1-4-16(5-2)9-8-15-14(18)12-7-6-11(19-3)10-13(12)17/h6-7,10,17H,4-5,8-9H2,1-3H3,(H,15,18). The molecule has 0 atom stereocenters. The lowest BCUT2D eigenvalue weighted by Crippen LogP contribution is -2.34. The average Bonchev–Trinajstić information content (AvgIpc) is 2.43. The molecule has 2 N–H and O–H groups in total. The van der Waals surface area contributed by atoms with Gasteiger partial charge in [0.2, 0.25) is 0 Å². The Labute approximate surface area is 114 Å². The van der Waals surface area contributed by atoms with Crippen LogP contribution in [0.1, 0.15) is 24.2 Å². The Bertz CT molecular complexity index is 417. The molecule has 0 fully saturated rings. The average molecular weight is 266 g/mol. The third-order valence-electron chi connectivity index (χ3n) is 3.06. The highest BCUT2D eigenvalue weighted by Gasteiger charge is 2.11. The first kappa shape index (κ1) is 15.3. The lowest BCUT2D eigenvalue weighted by Gasteiger charge is -2.18. The number of rotatable bonds is 7. The van der Waals surface area contributed by atoms with Gasteiger partial charge < -0.3 is 20.1 Å². The molecule has 5 nitrogen and oxygen atoms in total. The minimum absolute atomic E-state index is 0.0697. The number of amides is 1. The highest BCUT2D eigenvalue weighted by molar-refractivity contribution is 5.96. The van der Waals surface area contributed by atoms with Crippen LogP contribution >= 0.6 is 0 Å². The first-order valence-corrected chi connectivity index (χ1v) is 6.49. The SMILES string of the molecule is CCN(CC)CCNC(=O)c1ccc(OC)cc1O. The van der Waals surface area contributed by atoms with E-state index in [0.29, 0.717) is 12.3 Å². The van der Waals surface area contributed by atoms with E-state index in [0.717, 1.165) is 19.6 Å². The molecule has 1 amide bonds. The number of ether oxygens (including phenoxy) is 1. The molecule has 0 aliphatic carbocycles. The van der Waals surface area contributed by atoms with E-state index in [4.69, 9.17) is 4.74 Å². The predicted octanol–water partition coefficient (Wildman–Crippen LogP) is 1.47. The Morgan fingerprint density at radius 1 is 1.37 bits per heavy atom. The molecule has 0 spiro atoms. The summed E-state index contributed by atoms with van der Waals surface area (Å²) in [6.45, 7) is 7.45. The van der Waals surface area contributed by atoms with Gasteiger partial charge in [0, 0.05) is 19.2 Å². The summed E-state index contributed by atoms with van der Waals surface area (Å²) in [5.74, 6) is 0.184. The molecular formula is C14H22N2O3. The molecule has 0 aliphatic rings. The van der Waals surface area contributed by atoms with Crippen LogP contribution in [0.25, 0.3) is 0 Å². The van der Waals surface area contributed by atoms with E-state index in [9.17, 15) is 9.90 Å². The van der Waals surface area contributed by atoms with Crippen molar-refractivity contribution in [3.05, 3.63) is 23.8 Å². The molecule has 1 rings (SSSR count). The van der Waals surface area contributed by atoms with Crippen LogP contribution in [0.2, 0.25) is 0 Å². The molecule has 0 radical (unpaired) electrons. The molecule has 1 aromatic rings. The Morgan fingerprint density at radius 2 is 2.05 bits per heavy atom. The van der Waals surface area contributed by atoms with Gasteiger partial charge in [0.25, 0.3) is 5.91 Å². The van der Waals surface area contributed by atoms with E-state index >= 15 is 0 Å². The Hall–Kier alpha value is -1.75. The van der Waals surface area contributed by atoms with Crippen LogP contribution in [0.5, 0.6) is 11.5 Å². The molecule has 0 aromatic heterocycles. The van der Waals surface area contributed by atoms with Crippen molar-refractivity contribution >= 4 is 5.91 Å². The molecular weight excluding hydrogens is 244 g/mol. The molecule has 106 valence electrons. The number of aromatic hydroxyl groups is 1. The van der Waals surface area contributed by atoms with E-state index < -0.39 is 0 Å². The second kappa shape index (κ2) is 7.63. The summed E-state index contributed by atoms with van der Waals surface area (Å²) >= 11 is 0. The summed E-state index contributed by atoms with van der Waals surface area (Å²) in [6.07, 6.45) is 0. The van der Waals surface area contributed by atoms with Gasteiger partial charge in [-0.1, -0.05) is 13.8 Å². The molecule has 0 heterocycles. The van der Waals surface area contributed by atoms with Crippen molar-refractivity contribution in [2.75, 3.05) is 33.3 Å². The zero-order valence-corrected chi connectivity index (χ0v) is 11.8. The molecule has 5 heteroatoms. The van der Waals surface area contributed by atoms with Gasteiger partial charge >= 0.3 is 0 Å². The zero-order valence-electron chi connectivity index (χ0n) is 11.8. The smallest absolute Gasteiger partial charge is 0.255 e. The van der Waals surface area contributed by atoms with Crippen molar-refractivity contribution in [3.63, 3.8) is 0 Å². The summed E-state index contributed by atoms with van der Waals surface area (Å²) in [4.78, 5) is 14.1. The number of nitrogens with one attached hydrogen (secondary N) is 1. The number of benzene rings is 1. The van der Waals surface area contributed by atoms with Crippen molar-refractivity contribution in [2.24, 2.45) is 0 Å². The van der Waals surface area contributed by atoms with Gasteiger partial charge in [-0.15, -0.1) is 0 Å². The van der Waals surface area contributed by atoms with E-state index in [-0.39, 0.29) is 17.2 Å². The van der Waals surface area contributed by atoms with Crippen molar-refractivity contribution < 1.29 is 14.6 Å². The monoisotopic (exact) mass is 266 g/mol. The largest absolute Gasteiger partial charge is 0.507 e. The number of hydrogen-bond acceptors (Lipinski definition) is 4. The van der Waals surface area contributed by atoms with E-state index in [1.54, 1.807) is 12.1 Å². The third-order valence-corrected chi connectivity index (χ3v) is 3.06. The van der Waals surface area contributed by atoms with Gasteiger partial charge in [-0.25, -0.2) is 0 Å². The van der Waals surface area contributed by atoms with Gasteiger partial charge in [-0.3, -0.25) is 4.79 Å². The maximum Gasteiger partial charge on any atom is 0.255 e. The van der Waals surface area contributed by atoms with Crippen LogP contribution in [0, 0.1) is 0 Å². The van der Waals surface area contributed by atoms with Crippen LogP contribution in [0.3, 0.4) is 0 Å². The van der Waals surface area contributed by atoms with Crippen molar-refractivity contribution in [1.29, 1.82) is 0 Å². The summed E-state index contributed by atoms with van der Waals surface area (Å²) in [6, 6.07) is 4.64. The Balaban J connectivity index is 2.54. The third kappa shape index (κ3) is 4.44. The maximum absolute atomic E-state index is 11.9. The van der Waals surface area contributed by atoms with Crippen LogP contribution in [0.15, 0.2) is 18.2 Å². The predicted molar refractivity (Wildman–Crippen MR) is 74.8 cm³/mol. The van der Waals surface area contributed by atoms with E-state index in [1.807, 2.05) is 0 Å². The van der Waals surface area contributed by atoms with Crippen molar-refractivity contribution in [2.45, 2.75) is 13.8 Å². The van der Waals surface area contributed by atoms with E-state index in [1.165, 1.54) is 13.2 Å². The molecule has 0 unspecified atom stereocenters. The normalized spacial score (nSPS) is 10.5. The molecule has 19 heavy (non-hydrogen) atoms. The quantitative estimate of drug-likeness (QED) is 0.784. The summed E-state index contributed by atoms with van der Waals surface area (Å²) in [5, 5.41) is 12.5. The number of carbonyl (C=O) groups is 1. The molecule has 0 saturated carbocycles. The fraction of sp³-hybridized carbons (Fsp3) is 0.500. The molecule has 1 aromatic carbocycles. The lowest BCUT2D eigenvalue weighted by atomic mass is 10.2. The van der Waals surface area contributed by atoms with Gasteiger partial charge in [-0.2, -0.15) is 0 Å². The van der Waals surface area contributed by atoms with Crippen LogP contribution in [0.4, 0.5) is 0 Å². The van der Waals surface area contributed by atoms with Crippen molar-refractivity contribution in [1.82, 2.24) is 10.2 Å². The second-order valence-corrected chi connectivity index (χ2v) is 4.17. The van der Waals surface area contributed by atoms with E-state index in [2.05, 4.69) is 24.1 Å². The highest BCUT2D eigenvalue weighted by Crippen LogP contribution is 2.22. The number of phenols is 1. The fourth-order valence-corrected chi connectivity index (χ4v) is 1.79.